The van der Waals surface area contributed by atoms with Crippen molar-refractivity contribution in [1.29, 1.82) is 0 Å². The average Bonchev–Trinajstić information content (AvgIpc) is 2.54. The van der Waals surface area contributed by atoms with Crippen molar-refractivity contribution in [3.05, 3.63) is 11.6 Å². The molecule has 1 saturated heterocycles. The molecule has 1 aliphatic carbocycles. The highest BCUT2D eigenvalue weighted by Gasteiger charge is 2.53. The lowest BCUT2D eigenvalue weighted by Crippen LogP contribution is -2.40. The van der Waals surface area contributed by atoms with Crippen LogP contribution in [0, 0.1) is 30.1 Å². The molecule has 4 nitrogen and oxygen atoms in total. The Morgan fingerprint density at radius 2 is 2.00 bits per heavy atom. The fourth-order valence-corrected chi connectivity index (χ4v) is 3.00. The first-order valence-corrected chi connectivity index (χ1v) is 6.03. The molecule has 0 aromatic carbocycles. The number of imide groups is 1. The van der Waals surface area contributed by atoms with Gasteiger partial charge in [-0.1, -0.05) is 18.9 Å². The van der Waals surface area contributed by atoms with E-state index in [2.05, 4.69) is 5.92 Å². The van der Waals surface area contributed by atoms with Crippen molar-refractivity contribution in [3.8, 4) is 12.3 Å². The second kappa shape index (κ2) is 4.58. The highest BCUT2D eigenvalue weighted by Crippen LogP contribution is 2.41. The van der Waals surface area contributed by atoms with E-state index in [4.69, 9.17) is 11.2 Å². The minimum atomic E-state index is -0.421. The standard InChI is InChI=1S/C14H17NO3/c1-5-6-18-12-9(3)7-8(2)10-11(12)14(17)15(4)13(10)16/h1,7-8,10-12H,6H2,2-4H3/t8-,10-,11-,12+/m0/s1. The molecular formula is C14H17NO3. The third kappa shape index (κ3) is 1.75. The van der Waals surface area contributed by atoms with Crippen LogP contribution in [0.1, 0.15) is 13.8 Å². The Morgan fingerprint density at radius 1 is 1.39 bits per heavy atom. The lowest BCUT2D eigenvalue weighted by atomic mass is 9.73. The van der Waals surface area contributed by atoms with Crippen LogP contribution in [-0.2, 0) is 14.3 Å². The van der Waals surface area contributed by atoms with Crippen LogP contribution in [0.25, 0.3) is 0 Å². The molecule has 1 heterocycles. The number of hydrogen-bond acceptors (Lipinski definition) is 3. The second-order valence-electron chi connectivity index (χ2n) is 4.99. The van der Waals surface area contributed by atoms with Crippen molar-refractivity contribution in [2.24, 2.45) is 17.8 Å². The van der Waals surface area contributed by atoms with Gasteiger partial charge in [0.25, 0.3) is 0 Å². The van der Waals surface area contributed by atoms with E-state index >= 15 is 0 Å². The van der Waals surface area contributed by atoms with E-state index in [1.807, 2.05) is 19.9 Å². The highest BCUT2D eigenvalue weighted by molar-refractivity contribution is 6.05. The van der Waals surface area contributed by atoms with Crippen molar-refractivity contribution in [2.45, 2.75) is 20.0 Å². The molecule has 0 saturated carbocycles. The van der Waals surface area contributed by atoms with Crippen LogP contribution in [0.3, 0.4) is 0 Å². The first-order valence-electron chi connectivity index (χ1n) is 6.03. The maximum absolute atomic E-state index is 12.2. The van der Waals surface area contributed by atoms with Crippen LogP contribution in [0.15, 0.2) is 11.6 Å². The summed E-state index contributed by atoms with van der Waals surface area (Å²) in [5, 5.41) is 0. The van der Waals surface area contributed by atoms with Gasteiger partial charge in [0.2, 0.25) is 11.8 Å². The number of carbonyl (C=O) groups excluding carboxylic acids is 2. The number of hydrogen-bond donors (Lipinski definition) is 0. The number of terminal acetylenes is 1. The third-order valence-electron chi connectivity index (χ3n) is 3.83. The van der Waals surface area contributed by atoms with Gasteiger partial charge in [0.05, 0.1) is 17.9 Å². The Morgan fingerprint density at radius 3 is 2.61 bits per heavy atom. The van der Waals surface area contributed by atoms with E-state index in [0.29, 0.717) is 0 Å². The Balaban J connectivity index is 2.36. The molecule has 18 heavy (non-hydrogen) atoms. The van der Waals surface area contributed by atoms with E-state index < -0.39 is 5.92 Å². The quantitative estimate of drug-likeness (QED) is 0.412. The molecule has 0 aromatic rings. The van der Waals surface area contributed by atoms with Gasteiger partial charge in [0.1, 0.15) is 6.61 Å². The molecule has 0 unspecified atom stereocenters. The fraction of sp³-hybridized carbons (Fsp3) is 0.571. The number of allylic oxidation sites excluding steroid dienone is 1. The van der Waals surface area contributed by atoms with Crippen LogP contribution in [0.5, 0.6) is 0 Å². The van der Waals surface area contributed by atoms with Gasteiger partial charge in [0.15, 0.2) is 0 Å². The number of nitrogens with zero attached hydrogens (tertiary/aromatic N) is 1. The molecule has 0 bridgehead atoms. The van der Waals surface area contributed by atoms with E-state index in [9.17, 15) is 9.59 Å². The van der Waals surface area contributed by atoms with E-state index in [1.165, 1.54) is 11.9 Å². The minimum Gasteiger partial charge on any atom is -0.360 e. The number of likely N-dealkylation sites (tertiary alicyclic amines) is 1. The summed E-state index contributed by atoms with van der Waals surface area (Å²) in [5.74, 6) is 1.45. The molecule has 0 radical (unpaired) electrons. The molecule has 0 spiro atoms. The fourth-order valence-electron chi connectivity index (χ4n) is 3.00. The van der Waals surface area contributed by atoms with E-state index in [1.54, 1.807) is 0 Å². The largest absolute Gasteiger partial charge is 0.360 e. The van der Waals surface area contributed by atoms with Gasteiger partial charge in [-0.05, 0) is 18.4 Å². The Bertz CT molecular complexity index is 460. The van der Waals surface area contributed by atoms with Gasteiger partial charge in [-0.15, -0.1) is 6.42 Å². The minimum absolute atomic E-state index is 0.0575. The highest BCUT2D eigenvalue weighted by atomic mass is 16.5. The van der Waals surface area contributed by atoms with Crippen molar-refractivity contribution in [1.82, 2.24) is 4.90 Å². The van der Waals surface area contributed by atoms with Gasteiger partial charge >= 0.3 is 0 Å². The maximum atomic E-state index is 12.2. The summed E-state index contributed by atoms with van der Waals surface area (Å²) in [4.78, 5) is 25.4. The van der Waals surface area contributed by atoms with Gasteiger partial charge in [-0.3, -0.25) is 14.5 Å². The van der Waals surface area contributed by atoms with Crippen LogP contribution in [0.4, 0.5) is 0 Å². The van der Waals surface area contributed by atoms with E-state index in [-0.39, 0.29) is 36.4 Å². The lowest BCUT2D eigenvalue weighted by molar-refractivity contribution is -0.139. The maximum Gasteiger partial charge on any atom is 0.235 e. The monoisotopic (exact) mass is 247 g/mol. The summed E-state index contributed by atoms with van der Waals surface area (Å²) in [5.41, 5.74) is 0.982. The van der Waals surface area contributed by atoms with Crippen molar-refractivity contribution < 1.29 is 14.3 Å². The zero-order valence-electron chi connectivity index (χ0n) is 10.8. The molecule has 4 atom stereocenters. The second-order valence-corrected chi connectivity index (χ2v) is 4.99. The number of rotatable bonds is 2. The molecular weight excluding hydrogens is 230 g/mol. The van der Waals surface area contributed by atoms with Gasteiger partial charge in [0, 0.05) is 7.05 Å². The molecule has 0 N–H and O–H groups in total. The summed E-state index contributed by atoms with van der Waals surface area (Å²) < 4.78 is 5.57. The molecule has 2 rings (SSSR count). The van der Waals surface area contributed by atoms with Crippen LogP contribution in [-0.4, -0.2) is 36.5 Å². The van der Waals surface area contributed by atoms with Crippen LogP contribution >= 0.6 is 0 Å². The molecule has 96 valence electrons. The number of fused-ring (bicyclic) bond motifs is 1. The summed E-state index contributed by atoms with van der Waals surface area (Å²) >= 11 is 0. The van der Waals surface area contributed by atoms with Crippen molar-refractivity contribution in [3.63, 3.8) is 0 Å². The Hall–Kier alpha value is -1.60. The van der Waals surface area contributed by atoms with Crippen LogP contribution < -0.4 is 0 Å². The topological polar surface area (TPSA) is 46.6 Å². The molecule has 2 aliphatic rings. The average molecular weight is 247 g/mol. The molecule has 4 heteroatoms. The van der Waals surface area contributed by atoms with E-state index in [0.717, 1.165) is 5.57 Å². The zero-order chi connectivity index (χ0) is 13.4. The molecule has 2 amide bonds. The first-order chi connectivity index (χ1) is 8.49. The lowest BCUT2D eigenvalue weighted by Gasteiger charge is -2.33. The number of ether oxygens (including phenoxy) is 1. The van der Waals surface area contributed by atoms with Gasteiger partial charge in [-0.2, -0.15) is 0 Å². The first kappa shape index (κ1) is 12.8. The molecule has 1 aliphatic heterocycles. The summed E-state index contributed by atoms with van der Waals surface area (Å²) in [7, 11) is 1.53. The predicted molar refractivity (Wildman–Crippen MR) is 66.3 cm³/mol. The molecule has 0 aromatic heterocycles. The number of amides is 2. The van der Waals surface area contributed by atoms with Gasteiger partial charge < -0.3 is 4.74 Å². The van der Waals surface area contributed by atoms with Crippen molar-refractivity contribution in [2.75, 3.05) is 13.7 Å². The van der Waals surface area contributed by atoms with Gasteiger partial charge in [-0.25, -0.2) is 0 Å². The third-order valence-corrected chi connectivity index (χ3v) is 3.83. The normalized spacial score (nSPS) is 35.2. The predicted octanol–water partition coefficient (Wildman–Crippen LogP) is 0.832. The summed E-state index contributed by atoms with van der Waals surface area (Å²) in [6.45, 7) is 4.03. The summed E-state index contributed by atoms with van der Waals surface area (Å²) in [6, 6.07) is 0. The Kier molecular flexibility index (Phi) is 3.27. The zero-order valence-corrected chi connectivity index (χ0v) is 10.8. The Labute approximate surface area is 107 Å². The summed E-state index contributed by atoms with van der Waals surface area (Å²) in [6.07, 6.45) is 6.82. The molecule has 1 fully saturated rings. The van der Waals surface area contributed by atoms with Crippen molar-refractivity contribution >= 4 is 11.8 Å². The smallest absolute Gasteiger partial charge is 0.235 e. The number of carbonyl (C=O) groups is 2. The SMILES string of the molecule is C#CCO[C@@H]1C(C)=C[C@H](C)[C@@H]2C(=O)N(C)C(=O)[C@@H]21. The van der Waals surface area contributed by atoms with Crippen LogP contribution in [0.2, 0.25) is 0 Å².